The Bertz CT molecular complexity index is 258. The molecule has 2 heteroatoms. The van der Waals surface area contributed by atoms with Crippen molar-refractivity contribution < 1.29 is 0 Å². The van der Waals surface area contributed by atoms with Crippen LogP contribution >= 0.6 is 0 Å². The Kier molecular flexibility index (Phi) is 3.95. The Balaban J connectivity index is 1.51. The molecule has 2 unspecified atom stereocenters. The molecule has 0 aromatic heterocycles. The van der Waals surface area contributed by atoms with Crippen LogP contribution in [0.15, 0.2) is 0 Å². The molecule has 3 rings (SSSR count). The molecule has 0 spiro atoms. The minimum absolute atomic E-state index is 0.771. The molecule has 0 aromatic rings. The molecular weight excluding hydrogens is 220 g/mol. The van der Waals surface area contributed by atoms with Gasteiger partial charge in [-0.3, -0.25) is 4.90 Å². The summed E-state index contributed by atoms with van der Waals surface area (Å²) < 4.78 is 0. The average molecular weight is 250 g/mol. The van der Waals surface area contributed by atoms with E-state index in [-0.39, 0.29) is 0 Å². The minimum atomic E-state index is 0.771. The highest BCUT2D eigenvalue weighted by Crippen LogP contribution is 2.33. The summed E-state index contributed by atoms with van der Waals surface area (Å²) in [5.41, 5.74) is 0. The lowest BCUT2D eigenvalue weighted by molar-refractivity contribution is 0.105. The maximum absolute atomic E-state index is 3.88. The third-order valence-electron chi connectivity index (χ3n) is 5.44. The average Bonchev–Trinajstić information content (AvgIpc) is 3.10. The largest absolute Gasteiger partial charge is 0.312 e. The first-order valence-electron chi connectivity index (χ1n) is 8.20. The first kappa shape index (κ1) is 12.9. The number of piperidine rings is 1. The summed E-state index contributed by atoms with van der Waals surface area (Å²) in [6.45, 7) is 8.78. The number of hydrogen-bond donors (Lipinski definition) is 1. The van der Waals surface area contributed by atoms with Gasteiger partial charge >= 0.3 is 0 Å². The normalized spacial score (nSPS) is 34.8. The van der Waals surface area contributed by atoms with Gasteiger partial charge in [0.15, 0.2) is 0 Å². The van der Waals surface area contributed by atoms with E-state index in [4.69, 9.17) is 0 Å². The number of rotatable bonds is 5. The Labute approximate surface area is 113 Å². The number of hydrogen-bond acceptors (Lipinski definition) is 2. The third-order valence-corrected chi connectivity index (χ3v) is 5.44. The molecule has 1 N–H and O–H groups in total. The van der Waals surface area contributed by atoms with Crippen LogP contribution in [0.1, 0.15) is 52.4 Å². The molecule has 3 fully saturated rings. The molecule has 2 atom stereocenters. The second-order valence-electron chi connectivity index (χ2n) is 7.33. The molecule has 18 heavy (non-hydrogen) atoms. The van der Waals surface area contributed by atoms with Gasteiger partial charge in [0.05, 0.1) is 0 Å². The molecule has 2 nitrogen and oxygen atoms in total. The van der Waals surface area contributed by atoms with Crippen molar-refractivity contribution in [2.75, 3.05) is 19.6 Å². The van der Waals surface area contributed by atoms with Crippen LogP contribution in [0.4, 0.5) is 0 Å². The van der Waals surface area contributed by atoms with E-state index in [1.165, 1.54) is 58.2 Å². The zero-order chi connectivity index (χ0) is 12.5. The molecule has 1 aliphatic heterocycles. The summed E-state index contributed by atoms with van der Waals surface area (Å²) in [7, 11) is 0. The molecular formula is C16H30N2. The zero-order valence-electron chi connectivity index (χ0n) is 12.2. The summed E-state index contributed by atoms with van der Waals surface area (Å²) >= 11 is 0. The number of nitrogens with one attached hydrogen (secondary N) is 1. The van der Waals surface area contributed by atoms with E-state index < -0.39 is 0 Å². The van der Waals surface area contributed by atoms with Crippen LogP contribution in [0.25, 0.3) is 0 Å². The Morgan fingerprint density at radius 2 is 1.89 bits per heavy atom. The van der Waals surface area contributed by atoms with Crippen LogP contribution < -0.4 is 5.32 Å². The summed E-state index contributed by atoms with van der Waals surface area (Å²) in [6.07, 6.45) is 8.74. The van der Waals surface area contributed by atoms with Crippen LogP contribution in [0.2, 0.25) is 0 Å². The standard InChI is InChI=1S/C16H30N2/c1-12(2)14-8-15(17-9-13-4-3-5-13)11-18(10-14)16-6-7-16/h12-17H,3-11H2,1-2H3. The van der Waals surface area contributed by atoms with Gasteiger partial charge in [-0.1, -0.05) is 20.3 Å². The van der Waals surface area contributed by atoms with Crippen LogP contribution in [-0.2, 0) is 0 Å². The zero-order valence-corrected chi connectivity index (χ0v) is 12.2. The summed E-state index contributed by atoms with van der Waals surface area (Å²) in [4.78, 5) is 2.78. The highest BCUT2D eigenvalue weighted by Gasteiger charge is 2.36. The predicted octanol–water partition coefficient (Wildman–Crippen LogP) is 2.89. The SMILES string of the molecule is CC(C)C1CC(NCC2CCC2)CN(C2CC2)C1. The number of likely N-dealkylation sites (tertiary alicyclic amines) is 1. The lowest BCUT2D eigenvalue weighted by Crippen LogP contribution is -2.52. The van der Waals surface area contributed by atoms with Gasteiger partial charge in [-0.05, 0) is 56.4 Å². The van der Waals surface area contributed by atoms with Crippen molar-refractivity contribution in [1.82, 2.24) is 10.2 Å². The van der Waals surface area contributed by atoms with Gasteiger partial charge in [0, 0.05) is 25.2 Å². The highest BCUT2D eigenvalue weighted by molar-refractivity contribution is 4.93. The van der Waals surface area contributed by atoms with Crippen LogP contribution in [0.3, 0.4) is 0 Å². The molecule has 1 saturated heterocycles. The van der Waals surface area contributed by atoms with E-state index in [0.717, 1.165) is 29.8 Å². The van der Waals surface area contributed by atoms with E-state index in [2.05, 4.69) is 24.1 Å². The third kappa shape index (κ3) is 3.08. The fourth-order valence-electron chi connectivity index (χ4n) is 3.57. The van der Waals surface area contributed by atoms with Crippen molar-refractivity contribution >= 4 is 0 Å². The second-order valence-corrected chi connectivity index (χ2v) is 7.33. The van der Waals surface area contributed by atoms with Crippen molar-refractivity contribution in [3.05, 3.63) is 0 Å². The maximum atomic E-state index is 3.88. The van der Waals surface area contributed by atoms with Crippen molar-refractivity contribution in [3.8, 4) is 0 Å². The molecule has 104 valence electrons. The fraction of sp³-hybridized carbons (Fsp3) is 1.00. The summed E-state index contributed by atoms with van der Waals surface area (Å²) in [6, 6.07) is 1.71. The van der Waals surface area contributed by atoms with Gasteiger partial charge in [0.2, 0.25) is 0 Å². The molecule has 0 radical (unpaired) electrons. The lowest BCUT2D eigenvalue weighted by atomic mass is 9.83. The van der Waals surface area contributed by atoms with E-state index in [1.807, 2.05) is 0 Å². The summed E-state index contributed by atoms with van der Waals surface area (Å²) in [5, 5.41) is 3.88. The molecule has 0 bridgehead atoms. The van der Waals surface area contributed by atoms with Crippen molar-refractivity contribution in [2.24, 2.45) is 17.8 Å². The molecule has 0 amide bonds. The van der Waals surface area contributed by atoms with Crippen molar-refractivity contribution in [1.29, 1.82) is 0 Å². The first-order valence-corrected chi connectivity index (χ1v) is 8.20. The van der Waals surface area contributed by atoms with Gasteiger partial charge in [0.25, 0.3) is 0 Å². The Morgan fingerprint density at radius 3 is 2.44 bits per heavy atom. The van der Waals surface area contributed by atoms with Crippen molar-refractivity contribution in [3.63, 3.8) is 0 Å². The molecule has 2 saturated carbocycles. The van der Waals surface area contributed by atoms with Gasteiger partial charge in [-0.2, -0.15) is 0 Å². The Morgan fingerprint density at radius 1 is 1.11 bits per heavy atom. The van der Waals surface area contributed by atoms with E-state index in [9.17, 15) is 0 Å². The van der Waals surface area contributed by atoms with Crippen LogP contribution in [-0.4, -0.2) is 36.6 Å². The van der Waals surface area contributed by atoms with E-state index >= 15 is 0 Å². The van der Waals surface area contributed by atoms with Gasteiger partial charge < -0.3 is 5.32 Å². The first-order chi connectivity index (χ1) is 8.72. The quantitative estimate of drug-likeness (QED) is 0.807. The predicted molar refractivity (Wildman–Crippen MR) is 76.7 cm³/mol. The smallest absolute Gasteiger partial charge is 0.0198 e. The minimum Gasteiger partial charge on any atom is -0.312 e. The Hall–Kier alpha value is -0.0800. The van der Waals surface area contributed by atoms with E-state index in [1.54, 1.807) is 0 Å². The number of nitrogens with zero attached hydrogens (tertiary/aromatic N) is 1. The maximum Gasteiger partial charge on any atom is 0.0198 e. The van der Waals surface area contributed by atoms with Crippen molar-refractivity contribution in [2.45, 2.75) is 64.5 Å². The second kappa shape index (κ2) is 5.50. The molecule has 2 aliphatic carbocycles. The van der Waals surface area contributed by atoms with E-state index in [0.29, 0.717) is 0 Å². The van der Waals surface area contributed by atoms with Crippen LogP contribution in [0.5, 0.6) is 0 Å². The van der Waals surface area contributed by atoms with Gasteiger partial charge in [-0.15, -0.1) is 0 Å². The molecule has 0 aromatic carbocycles. The van der Waals surface area contributed by atoms with Gasteiger partial charge in [-0.25, -0.2) is 0 Å². The molecule has 3 aliphatic rings. The van der Waals surface area contributed by atoms with Crippen LogP contribution in [0, 0.1) is 17.8 Å². The van der Waals surface area contributed by atoms with Gasteiger partial charge in [0.1, 0.15) is 0 Å². The highest BCUT2D eigenvalue weighted by atomic mass is 15.2. The fourth-order valence-corrected chi connectivity index (χ4v) is 3.57. The summed E-state index contributed by atoms with van der Waals surface area (Å²) in [5.74, 6) is 2.76. The molecule has 1 heterocycles. The topological polar surface area (TPSA) is 15.3 Å². The monoisotopic (exact) mass is 250 g/mol. The lowest BCUT2D eigenvalue weighted by Gasteiger charge is -2.41.